The molecule has 2 fully saturated rings. The van der Waals surface area contributed by atoms with Gasteiger partial charge in [0, 0.05) is 34.8 Å². The van der Waals surface area contributed by atoms with Gasteiger partial charge in [0.05, 0.1) is 29.3 Å². The number of halogens is 2. The Morgan fingerprint density at radius 2 is 2.12 bits per heavy atom. The second kappa shape index (κ2) is 6.61. The van der Waals surface area contributed by atoms with Gasteiger partial charge in [-0.2, -0.15) is 0 Å². The van der Waals surface area contributed by atoms with E-state index in [1.165, 1.54) is 12.1 Å². The summed E-state index contributed by atoms with van der Waals surface area (Å²) >= 11 is 6.01. The van der Waals surface area contributed by atoms with Crippen LogP contribution in [0.3, 0.4) is 0 Å². The molecule has 1 amide bonds. The normalized spacial score (nSPS) is 30.4. The van der Waals surface area contributed by atoms with E-state index < -0.39 is 21.1 Å². The number of ether oxygens (including phenoxy) is 1. The van der Waals surface area contributed by atoms with E-state index in [2.05, 4.69) is 4.36 Å². The number of hydrogen-bond acceptors (Lipinski definition) is 4. The Kier molecular flexibility index (Phi) is 4.86. The molecule has 0 bridgehead atoms. The predicted molar refractivity (Wildman–Crippen MR) is 91.5 cm³/mol. The molecular formula is C16H20ClFN2O3S. The molecule has 0 aromatic heterocycles. The molecule has 0 unspecified atom stereocenters. The van der Waals surface area contributed by atoms with Crippen LogP contribution in [0.2, 0.25) is 5.02 Å². The number of nitrogens with zero attached hydrogens (tertiary/aromatic N) is 2. The zero-order chi connectivity index (χ0) is 17.4. The van der Waals surface area contributed by atoms with Gasteiger partial charge in [0.1, 0.15) is 5.82 Å². The van der Waals surface area contributed by atoms with Crippen molar-refractivity contribution < 1.29 is 18.1 Å². The number of morpholine rings is 1. The highest BCUT2D eigenvalue weighted by atomic mass is 35.5. The van der Waals surface area contributed by atoms with Crippen molar-refractivity contribution in [2.75, 3.05) is 38.2 Å². The molecule has 0 radical (unpaired) electrons. The van der Waals surface area contributed by atoms with Gasteiger partial charge in [-0.05, 0) is 31.0 Å². The fourth-order valence-electron chi connectivity index (χ4n) is 3.25. The molecule has 2 heterocycles. The summed E-state index contributed by atoms with van der Waals surface area (Å²) in [5.74, 6) is 0.278. The fraction of sp³-hybridized carbons (Fsp3) is 0.562. The van der Waals surface area contributed by atoms with Crippen molar-refractivity contribution in [1.82, 2.24) is 4.90 Å². The maximum atomic E-state index is 13.2. The van der Waals surface area contributed by atoms with E-state index in [9.17, 15) is 13.4 Å². The van der Waals surface area contributed by atoms with Crippen LogP contribution in [0.1, 0.15) is 23.2 Å². The summed E-state index contributed by atoms with van der Waals surface area (Å²) in [6.45, 7) is 1.32. The highest BCUT2D eigenvalue weighted by molar-refractivity contribution is 7.93. The van der Waals surface area contributed by atoms with Crippen molar-refractivity contribution in [3.05, 3.63) is 34.6 Å². The van der Waals surface area contributed by atoms with Gasteiger partial charge in [0.25, 0.3) is 5.91 Å². The van der Waals surface area contributed by atoms with Crippen molar-refractivity contribution in [1.29, 1.82) is 0 Å². The summed E-state index contributed by atoms with van der Waals surface area (Å²) in [4.78, 5) is 14.4. The number of carbonyl (C=O) groups is 1. The lowest BCUT2D eigenvalue weighted by molar-refractivity contribution is -0.104. The maximum Gasteiger partial charge on any atom is 0.255 e. The highest BCUT2D eigenvalue weighted by Gasteiger charge is 2.42. The third-order valence-electron chi connectivity index (χ3n) is 4.78. The largest absolute Gasteiger partial charge is 0.371 e. The average Bonchev–Trinajstić information content (AvgIpc) is 2.58. The lowest BCUT2D eigenvalue weighted by Crippen LogP contribution is -2.56. The first kappa shape index (κ1) is 17.6. The van der Waals surface area contributed by atoms with Crippen molar-refractivity contribution >= 4 is 27.2 Å². The van der Waals surface area contributed by atoms with E-state index in [4.69, 9.17) is 16.3 Å². The first-order chi connectivity index (χ1) is 11.4. The monoisotopic (exact) mass is 374 g/mol. The summed E-state index contributed by atoms with van der Waals surface area (Å²) in [5, 5.41) is 0.108. The van der Waals surface area contributed by atoms with E-state index in [-0.39, 0.29) is 10.9 Å². The molecule has 0 N–H and O–H groups in total. The van der Waals surface area contributed by atoms with Gasteiger partial charge in [-0.3, -0.25) is 4.79 Å². The first-order valence-electron chi connectivity index (χ1n) is 7.85. The van der Waals surface area contributed by atoms with E-state index in [1.54, 1.807) is 11.9 Å². The quantitative estimate of drug-likeness (QED) is 0.759. The van der Waals surface area contributed by atoms with E-state index in [0.29, 0.717) is 49.6 Å². The Morgan fingerprint density at radius 1 is 1.42 bits per heavy atom. The number of rotatable bonds is 1. The van der Waals surface area contributed by atoms with Gasteiger partial charge in [0.2, 0.25) is 0 Å². The molecule has 1 spiro atoms. The van der Waals surface area contributed by atoms with Crippen LogP contribution < -0.4 is 0 Å². The second-order valence-corrected chi connectivity index (χ2v) is 9.38. The van der Waals surface area contributed by atoms with Crippen LogP contribution in [0.25, 0.3) is 0 Å². The molecular weight excluding hydrogens is 355 g/mol. The number of amides is 1. The lowest BCUT2D eigenvalue weighted by atomic mass is 9.94. The van der Waals surface area contributed by atoms with Crippen LogP contribution in [0.5, 0.6) is 0 Å². The third kappa shape index (κ3) is 3.43. The van der Waals surface area contributed by atoms with E-state index in [0.717, 1.165) is 6.07 Å². The molecule has 132 valence electrons. The molecule has 0 atom stereocenters. The Hall–Kier alpha value is -1.18. The van der Waals surface area contributed by atoms with Crippen molar-refractivity contribution in [2.24, 2.45) is 4.36 Å². The Balaban J connectivity index is 1.76. The zero-order valence-electron chi connectivity index (χ0n) is 13.5. The Labute approximate surface area is 146 Å². The Bertz CT molecular complexity index is 763. The molecule has 0 aliphatic carbocycles. The van der Waals surface area contributed by atoms with Crippen LogP contribution in [0.4, 0.5) is 4.39 Å². The molecule has 1 aromatic carbocycles. The molecule has 2 aliphatic rings. The van der Waals surface area contributed by atoms with Gasteiger partial charge in [0.15, 0.2) is 0 Å². The van der Waals surface area contributed by atoms with Gasteiger partial charge in [-0.1, -0.05) is 11.6 Å². The van der Waals surface area contributed by atoms with E-state index in [1.807, 2.05) is 0 Å². The van der Waals surface area contributed by atoms with E-state index >= 15 is 0 Å². The van der Waals surface area contributed by atoms with Crippen LogP contribution in [-0.4, -0.2) is 58.9 Å². The van der Waals surface area contributed by atoms with Crippen LogP contribution in [0.15, 0.2) is 22.6 Å². The molecule has 24 heavy (non-hydrogen) atoms. The zero-order valence-corrected chi connectivity index (χ0v) is 15.0. The molecule has 2 aliphatic heterocycles. The van der Waals surface area contributed by atoms with Gasteiger partial charge in [-0.25, -0.2) is 13.0 Å². The minimum absolute atomic E-state index is 0.108. The number of hydrogen-bond donors (Lipinski definition) is 0. The molecule has 2 saturated heterocycles. The van der Waals surface area contributed by atoms with Gasteiger partial charge < -0.3 is 9.64 Å². The summed E-state index contributed by atoms with van der Waals surface area (Å²) in [6.07, 6.45) is 1.23. The minimum Gasteiger partial charge on any atom is -0.371 e. The second-order valence-electron chi connectivity index (χ2n) is 6.25. The maximum absolute atomic E-state index is 13.2. The van der Waals surface area contributed by atoms with Crippen LogP contribution in [-0.2, 0) is 14.5 Å². The topological polar surface area (TPSA) is 59.0 Å². The minimum atomic E-state index is -2.13. The number of benzene rings is 1. The lowest BCUT2D eigenvalue weighted by Gasteiger charge is -2.45. The predicted octanol–water partition coefficient (Wildman–Crippen LogP) is 2.58. The van der Waals surface area contributed by atoms with Crippen LogP contribution in [0, 0.1) is 5.82 Å². The smallest absolute Gasteiger partial charge is 0.255 e. The first-order valence-corrected chi connectivity index (χ1v) is 10.1. The Morgan fingerprint density at radius 3 is 2.75 bits per heavy atom. The molecule has 5 nitrogen and oxygen atoms in total. The highest BCUT2D eigenvalue weighted by Crippen LogP contribution is 2.33. The van der Waals surface area contributed by atoms with Crippen molar-refractivity contribution in [2.45, 2.75) is 18.4 Å². The number of carbonyl (C=O) groups excluding carboxylic acids is 1. The standard InChI is InChI=1S/C16H20ClFN2O3S/c1-19-24(22)8-4-16(5-9-24)11-20(6-7-23-16)15(21)13-3-2-12(18)10-14(13)17/h2-3,10H,4-9,11H2,1H3. The molecule has 3 rings (SSSR count). The van der Waals surface area contributed by atoms with Crippen molar-refractivity contribution in [3.63, 3.8) is 0 Å². The molecule has 1 aromatic rings. The summed E-state index contributed by atoms with van der Waals surface area (Å²) in [6, 6.07) is 3.78. The third-order valence-corrected chi connectivity index (χ3v) is 7.45. The summed E-state index contributed by atoms with van der Waals surface area (Å²) in [5.41, 5.74) is -0.176. The SMILES string of the molecule is CN=S1(=O)CCC2(CC1)CN(C(=O)c1ccc(F)cc1Cl)CCO2. The van der Waals surface area contributed by atoms with Gasteiger partial charge >= 0.3 is 0 Å². The van der Waals surface area contributed by atoms with Crippen molar-refractivity contribution in [3.8, 4) is 0 Å². The summed E-state index contributed by atoms with van der Waals surface area (Å²) in [7, 11) is -0.534. The van der Waals surface area contributed by atoms with Crippen LogP contribution >= 0.6 is 11.6 Å². The fourth-order valence-corrected chi connectivity index (χ4v) is 5.45. The summed E-state index contributed by atoms with van der Waals surface area (Å²) < 4.78 is 35.5. The van der Waals surface area contributed by atoms with Gasteiger partial charge in [-0.15, -0.1) is 0 Å². The molecule has 8 heteroatoms. The average molecular weight is 375 g/mol. The molecule has 0 saturated carbocycles.